The van der Waals surface area contributed by atoms with Crippen molar-refractivity contribution in [3.8, 4) is 0 Å². The molecular weight excluding hydrogens is 249 g/mol. The van der Waals surface area contributed by atoms with Crippen LogP contribution in [0.1, 0.15) is 25.5 Å². The summed E-state index contributed by atoms with van der Waals surface area (Å²) in [6.07, 6.45) is 1.83. The fourth-order valence-corrected chi connectivity index (χ4v) is 1.78. The molecule has 1 N–H and O–H groups in total. The highest BCUT2D eigenvalue weighted by Gasteiger charge is 2.18. The number of halogens is 1. The predicted octanol–water partition coefficient (Wildman–Crippen LogP) is 2.38. The normalized spacial score (nSPS) is 12.4. The molecule has 0 heterocycles. The molecular formula is C14H16FNO3. The summed E-state index contributed by atoms with van der Waals surface area (Å²) in [5.74, 6) is -1.89. The molecule has 1 unspecified atom stereocenters. The summed E-state index contributed by atoms with van der Waals surface area (Å²) in [5, 5.41) is 8.50. The van der Waals surface area contributed by atoms with Crippen molar-refractivity contribution < 1.29 is 19.1 Å². The number of aliphatic carboxylic acids is 1. The Morgan fingerprint density at radius 3 is 2.37 bits per heavy atom. The Kier molecular flexibility index (Phi) is 5.23. The Labute approximate surface area is 111 Å². The van der Waals surface area contributed by atoms with E-state index in [1.807, 2.05) is 6.92 Å². The minimum atomic E-state index is -1.17. The number of benzene rings is 1. The number of nitrogens with zero attached hydrogens (tertiary/aromatic N) is 1. The van der Waals surface area contributed by atoms with E-state index in [2.05, 4.69) is 0 Å². The lowest BCUT2D eigenvalue weighted by molar-refractivity contribution is -0.132. The van der Waals surface area contributed by atoms with E-state index in [1.165, 1.54) is 17.0 Å². The maximum absolute atomic E-state index is 12.8. The van der Waals surface area contributed by atoms with Gasteiger partial charge >= 0.3 is 5.97 Å². The molecule has 19 heavy (non-hydrogen) atoms. The summed E-state index contributed by atoms with van der Waals surface area (Å²) >= 11 is 0. The molecule has 0 aliphatic heterocycles. The Bertz CT molecular complexity index is 482. The molecule has 0 saturated heterocycles. The van der Waals surface area contributed by atoms with Crippen LogP contribution in [0.25, 0.3) is 0 Å². The highest BCUT2D eigenvalue weighted by Crippen LogP contribution is 2.20. The van der Waals surface area contributed by atoms with Gasteiger partial charge < -0.3 is 10.0 Å². The summed E-state index contributed by atoms with van der Waals surface area (Å²) in [7, 11) is 0. The lowest BCUT2D eigenvalue weighted by atomic mass is 10.1. The highest BCUT2D eigenvalue weighted by molar-refractivity contribution is 5.94. The molecule has 0 saturated carbocycles. The molecule has 0 bridgehead atoms. The van der Waals surface area contributed by atoms with Gasteiger partial charge in [0.25, 0.3) is 0 Å². The van der Waals surface area contributed by atoms with Gasteiger partial charge in [-0.25, -0.2) is 9.18 Å². The van der Waals surface area contributed by atoms with Gasteiger partial charge in [-0.1, -0.05) is 12.1 Å². The zero-order valence-electron chi connectivity index (χ0n) is 10.8. The number of hydrogen-bond acceptors (Lipinski definition) is 2. The molecule has 5 heteroatoms. The van der Waals surface area contributed by atoms with Crippen molar-refractivity contribution in [2.75, 3.05) is 6.54 Å². The predicted molar refractivity (Wildman–Crippen MR) is 69.0 cm³/mol. The van der Waals surface area contributed by atoms with Gasteiger partial charge in [-0.3, -0.25) is 4.79 Å². The van der Waals surface area contributed by atoms with Gasteiger partial charge in [0.2, 0.25) is 5.91 Å². The second kappa shape index (κ2) is 6.68. The van der Waals surface area contributed by atoms with Gasteiger partial charge in [0.15, 0.2) is 0 Å². The number of carboxylic acids is 1. The third-order valence-corrected chi connectivity index (χ3v) is 2.81. The number of carbonyl (C=O) groups excluding carboxylic acids is 1. The van der Waals surface area contributed by atoms with Crippen LogP contribution in [0.4, 0.5) is 4.39 Å². The van der Waals surface area contributed by atoms with E-state index < -0.39 is 5.97 Å². The average Bonchev–Trinajstić information content (AvgIpc) is 2.37. The van der Waals surface area contributed by atoms with Crippen LogP contribution in [0.5, 0.6) is 0 Å². The van der Waals surface area contributed by atoms with E-state index in [0.717, 1.165) is 17.7 Å². The first kappa shape index (κ1) is 14.9. The van der Waals surface area contributed by atoms with Crippen LogP contribution in [0.15, 0.2) is 36.4 Å². The van der Waals surface area contributed by atoms with Crippen LogP contribution in [-0.2, 0) is 9.59 Å². The molecule has 1 amide bonds. The van der Waals surface area contributed by atoms with Crippen molar-refractivity contribution in [3.63, 3.8) is 0 Å². The summed E-state index contributed by atoms with van der Waals surface area (Å²) in [4.78, 5) is 23.8. The van der Waals surface area contributed by atoms with Crippen molar-refractivity contribution in [2.24, 2.45) is 0 Å². The summed E-state index contributed by atoms with van der Waals surface area (Å²) < 4.78 is 12.8. The van der Waals surface area contributed by atoms with Crippen LogP contribution in [0.2, 0.25) is 0 Å². The van der Waals surface area contributed by atoms with Gasteiger partial charge in [0, 0.05) is 18.7 Å². The van der Waals surface area contributed by atoms with Crippen molar-refractivity contribution >= 4 is 11.9 Å². The van der Waals surface area contributed by atoms with Crippen molar-refractivity contribution in [1.82, 2.24) is 4.90 Å². The standard InChI is InChI=1S/C14H16FNO3/c1-3-16(13(17)8-9-14(18)19)10(2)11-4-6-12(15)7-5-11/h4-10H,3H2,1-2H3,(H,18,19)/b9-8+. The third kappa shape index (κ3) is 4.21. The molecule has 0 aliphatic carbocycles. The number of carboxylic acid groups (broad SMARTS) is 1. The molecule has 0 radical (unpaired) electrons. The first-order chi connectivity index (χ1) is 8.95. The van der Waals surface area contributed by atoms with Gasteiger partial charge in [-0.15, -0.1) is 0 Å². The van der Waals surface area contributed by atoms with E-state index in [-0.39, 0.29) is 17.8 Å². The quantitative estimate of drug-likeness (QED) is 0.831. The van der Waals surface area contributed by atoms with Crippen LogP contribution in [0, 0.1) is 5.82 Å². The van der Waals surface area contributed by atoms with E-state index in [0.29, 0.717) is 6.54 Å². The van der Waals surface area contributed by atoms with Crippen molar-refractivity contribution in [3.05, 3.63) is 47.8 Å². The fourth-order valence-electron chi connectivity index (χ4n) is 1.78. The van der Waals surface area contributed by atoms with Gasteiger partial charge in [0.05, 0.1) is 6.04 Å². The smallest absolute Gasteiger partial charge is 0.328 e. The third-order valence-electron chi connectivity index (χ3n) is 2.81. The van der Waals surface area contributed by atoms with Gasteiger partial charge in [-0.05, 0) is 31.5 Å². The molecule has 0 aromatic heterocycles. The van der Waals surface area contributed by atoms with Crippen molar-refractivity contribution in [1.29, 1.82) is 0 Å². The zero-order valence-corrected chi connectivity index (χ0v) is 10.8. The molecule has 0 spiro atoms. The monoisotopic (exact) mass is 265 g/mol. The van der Waals surface area contributed by atoms with Gasteiger partial charge in [0.1, 0.15) is 5.82 Å². The molecule has 0 aliphatic rings. The molecule has 4 nitrogen and oxygen atoms in total. The minimum Gasteiger partial charge on any atom is -0.478 e. The largest absolute Gasteiger partial charge is 0.478 e. The van der Waals surface area contributed by atoms with Gasteiger partial charge in [-0.2, -0.15) is 0 Å². The van der Waals surface area contributed by atoms with E-state index >= 15 is 0 Å². The summed E-state index contributed by atoms with van der Waals surface area (Å²) in [6.45, 7) is 4.04. The van der Waals surface area contributed by atoms with Crippen LogP contribution in [0.3, 0.4) is 0 Å². The number of likely N-dealkylation sites (N-methyl/N-ethyl adjacent to an activating group) is 1. The second-order valence-electron chi connectivity index (χ2n) is 4.02. The van der Waals surface area contributed by atoms with E-state index in [1.54, 1.807) is 19.1 Å². The molecule has 1 atom stereocenters. The highest BCUT2D eigenvalue weighted by atomic mass is 19.1. The number of hydrogen-bond donors (Lipinski definition) is 1. The summed E-state index contributed by atoms with van der Waals surface area (Å²) in [6, 6.07) is 5.62. The average molecular weight is 265 g/mol. The topological polar surface area (TPSA) is 57.6 Å². The Balaban J connectivity index is 2.87. The number of carbonyl (C=O) groups is 2. The first-order valence-electron chi connectivity index (χ1n) is 5.92. The van der Waals surface area contributed by atoms with E-state index in [9.17, 15) is 14.0 Å². The zero-order chi connectivity index (χ0) is 14.4. The lowest BCUT2D eigenvalue weighted by Crippen LogP contribution is -2.32. The molecule has 1 aromatic carbocycles. The first-order valence-corrected chi connectivity index (χ1v) is 5.92. The fraction of sp³-hybridized carbons (Fsp3) is 0.286. The number of amides is 1. The Hall–Kier alpha value is -2.17. The van der Waals surface area contributed by atoms with Crippen LogP contribution in [-0.4, -0.2) is 28.4 Å². The van der Waals surface area contributed by atoms with Crippen molar-refractivity contribution in [2.45, 2.75) is 19.9 Å². The second-order valence-corrected chi connectivity index (χ2v) is 4.02. The Morgan fingerprint density at radius 2 is 1.89 bits per heavy atom. The molecule has 1 aromatic rings. The van der Waals surface area contributed by atoms with Crippen LogP contribution < -0.4 is 0 Å². The summed E-state index contributed by atoms with van der Waals surface area (Å²) in [5.41, 5.74) is 0.792. The van der Waals surface area contributed by atoms with E-state index in [4.69, 9.17) is 5.11 Å². The Morgan fingerprint density at radius 1 is 1.32 bits per heavy atom. The molecule has 1 rings (SSSR count). The molecule has 0 fully saturated rings. The number of rotatable bonds is 5. The molecule has 102 valence electrons. The SMILES string of the molecule is CCN(C(=O)/C=C/C(=O)O)C(C)c1ccc(F)cc1. The minimum absolute atomic E-state index is 0.253. The maximum Gasteiger partial charge on any atom is 0.328 e. The maximum atomic E-state index is 12.8. The van der Waals surface area contributed by atoms with Crippen LogP contribution >= 0.6 is 0 Å². The lowest BCUT2D eigenvalue weighted by Gasteiger charge is -2.27.